The molecular weight excluding hydrogens is 278 g/mol. The first-order chi connectivity index (χ1) is 10.5. The average molecular weight is 305 g/mol. The summed E-state index contributed by atoms with van der Waals surface area (Å²) in [5.41, 5.74) is 1.27. The number of hydrogen-bond donors (Lipinski definition) is 0. The van der Waals surface area contributed by atoms with Gasteiger partial charge in [-0.1, -0.05) is 6.07 Å². The van der Waals surface area contributed by atoms with Crippen LogP contribution >= 0.6 is 0 Å². The summed E-state index contributed by atoms with van der Waals surface area (Å²) in [6, 6.07) is 6.86. The normalized spacial score (nSPS) is 22.0. The third kappa shape index (κ3) is 3.73. The van der Waals surface area contributed by atoms with Crippen molar-refractivity contribution >= 4 is 0 Å². The molecule has 0 bridgehead atoms. The van der Waals surface area contributed by atoms with Crippen molar-refractivity contribution in [1.82, 2.24) is 4.90 Å². The molecule has 1 aromatic rings. The van der Waals surface area contributed by atoms with E-state index in [0.717, 1.165) is 31.2 Å². The molecule has 2 heterocycles. The monoisotopic (exact) mass is 305 g/mol. The summed E-state index contributed by atoms with van der Waals surface area (Å²) >= 11 is 0. The Kier molecular flexibility index (Phi) is 4.59. The highest BCUT2D eigenvalue weighted by Gasteiger charge is 2.27. The van der Waals surface area contributed by atoms with Gasteiger partial charge in [0.2, 0.25) is 0 Å². The third-order valence-corrected chi connectivity index (χ3v) is 4.23. The van der Waals surface area contributed by atoms with Crippen LogP contribution in [0.2, 0.25) is 0 Å². The molecule has 0 unspecified atom stereocenters. The van der Waals surface area contributed by atoms with E-state index in [1.807, 2.05) is 6.07 Å². The largest absolute Gasteiger partial charge is 0.486 e. The van der Waals surface area contributed by atoms with Crippen LogP contribution in [0.5, 0.6) is 11.5 Å². The second-order valence-electron chi connectivity index (χ2n) is 7.06. The second-order valence-corrected chi connectivity index (χ2v) is 7.06. The van der Waals surface area contributed by atoms with Crippen LogP contribution in [0, 0.1) is 0 Å². The molecule has 1 fully saturated rings. The van der Waals surface area contributed by atoms with Crippen molar-refractivity contribution in [3.63, 3.8) is 0 Å². The summed E-state index contributed by atoms with van der Waals surface area (Å²) in [6.45, 7) is 10.5. The zero-order valence-corrected chi connectivity index (χ0v) is 13.9. The Morgan fingerprint density at radius 1 is 1.18 bits per heavy atom. The molecule has 122 valence electrons. The van der Waals surface area contributed by atoms with Gasteiger partial charge in [0.25, 0.3) is 0 Å². The maximum Gasteiger partial charge on any atom is 0.161 e. The van der Waals surface area contributed by atoms with E-state index in [1.165, 1.54) is 18.4 Å². The second kappa shape index (κ2) is 6.47. The Hall–Kier alpha value is -1.26. The van der Waals surface area contributed by atoms with Gasteiger partial charge in [0.15, 0.2) is 11.5 Å². The lowest BCUT2D eigenvalue weighted by molar-refractivity contribution is -0.0144. The van der Waals surface area contributed by atoms with E-state index in [-0.39, 0.29) is 5.60 Å². The van der Waals surface area contributed by atoms with Crippen molar-refractivity contribution in [2.75, 3.05) is 32.9 Å². The van der Waals surface area contributed by atoms with E-state index in [1.54, 1.807) is 0 Å². The molecule has 2 aliphatic rings. The van der Waals surface area contributed by atoms with Gasteiger partial charge < -0.3 is 14.2 Å². The molecular formula is C18H27NO3. The van der Waals surface area contributed by atoms with Crippen LogP contribution in [0.25, 0.3) is 0 Å². The molecule has 0 aliphatic carbocycles. The maximum absolute atomic E-state index is 5.88. The van der Waals surface area contributed by atoms with Gasteiger partial charge in [-0.15, -0.1) is 0 Å². The topological polar surface area (TPSA) is 30.9 Å². The highest BCUT2D eigenvalue weighted by atomic mass is 16.6. The number of hydrogen-bond acceptors (Lipinski definition) is 4. The van der Waals surface area contributed by atoms with E-state index in [0.29, 0.717) is 19.3 Å². The van der Waals surface area contributed by atoms with Crippen molar-refractivity contribution in [2.24, 2.45) is 0 Å². The summed E-state index contributed by atoms with van der Waals surface area (Å²) in [5.74, 6) is 1.76. The fourth-order valence-electron chi connectivity index (χ4n) is 3.21. The molecule has 4 nitrogen and oxygen atoms in total. The minimum atomic E-state index is -0.0633. The zero-order valence-electron chi connectivity index (χ0n) is 13.9. The molecule has 0 saturated carbocycles. The molecule has 0 radical (unpaired) electrons. The minimum Gasteiger partial charge on any atom is -0.486 e. The third-order valence-electron chi connectivity index (χ3n) is 4.23. The van der Waals surface area contributed by atoms with Crippen molar-refractivity contribution in [1.29, 1.82) is 0 Å². The SMILES string of the molecule is CC(C)(C)OCCN1CCC[C@H]1c1ccc2c(c1)OCCO2. The Bertz CT molecular complexity index is 510. The quantitative estimate of drug-likeness (QED) is 0.853. The van der Waals surface area contributed by atoms with Crippen molar-refractivity contribution in [2.45, 2.75) is 45.3 Å². The lowest BCUT2D eigenvalue weighted by atomic mass is 10.0. The summed E-state index contributed by atoms with van der Waals surface area (Å²) in [5, 5.41) is 0. The Morgan fingerprint density at radius 3 is 2.73 bits per heavy atom. The van der Waals surface area contributed by atoms with Gasteiger partial charge >= 0.3 is 0 Å². The fraction of sp³-hybridized carbons (Fsp3) is 0.667. The van der Waals surface area contributed by atoms with Crippen LogP contribution < -0.4 is 9.47 Å². The Labute approximate surface area is 133 Å². The predicted molar refractivity (Wildman–Crippen MR) is 86.7 cm³/mol. The van der Waals surface area contributed by atoms with E-state index >= 15 is 0 Å². The number of benzene rings is 1. The smallest absolute Gasteiger partial charge is 0.161 e. The molecule has 1 aromatic carbocycles. The summed E-state index contributed by atoms with van der Waals surface area (Å²) in [4.78, 5) is 2.52. The molecule has 3 rings (SSSR count). The van der Waals surface area contributed by atoms with Crippen molar-refractivity contribution < 1.29 is 14.2 Å². The van der Waals surface area contributed by atoms with Crippen LogP contribution in [-0.2, 0) is 4.74 Å². The maximum atomic E-state index is 5.88. The Balaban J connectivity index is 1.65. The van der Waals surface area contributed by atoms with Gasteiger partial charge in [0, 0.05) is 12.6 Å². The lowest BCUT2D eigenvalue weighted by Crippen LogP contribution is -2.30. The van der Waals surface area contributed by atoms with Crippen LogP contribution in [0.1, 0.15) is 45.2 Å². The van der Waals surface area contributed by atoms with Crippen LogP contribution in [0.15, 0.2) is 18.2 Å². The number of likely N-dealkylation sites (tertiary alicyclic amines) is 1. The van der Waals surface area contributed by atoms with Gasteiger partial charge in [0.05, 0.1) is 12.2 Å². The summed E-state index contributed by atoms with van der Waals surface area (Å²) in [7, 11) is 0. The predicted octanol–water partition coefficient (Wildman–Crippen LogP) is 3.41. The van der Waals surface area contributed by atoms with E-state index in [4.69, 9.17) is 14.2 Å². The number of fused-ring (bicyclic) bond motifs is 1. The Morgan fingerprint density at radius 2 is 1.95 bits per heavy atom. The van der Waals surface area contributed by atoms with Gasteiger partial charge in [-0.3, -0.25) is 4.90 Å². The van der Waals surface area contributed by atoms with Crippen LogP contribution in [-0.4, -0.2) is 43.4 Å². The van der Waals surface area contributed by atoms with E-state index < -0.39 is 0 Å². The molecule has 22 heavy (non-hydrogen) atoms. The molecule has 4 heteroatoms. The number of nitrogens with zero attached hydrogens (tertiary/aromatic N) is 1. The minimum absolute atomic E-state index is 0.0633. The summed E-state index contributed by atoms with van der Waals surface area (Å²) in [6.07, 6.45) is 2.45. The van der Waals surface area contributed by atoms with Crippen LogP contribution in [0.3, 0.4) is 0 Å². The zero-order chi connectivity index (χ0) is 15.6. The van der Waals surface area contributed by atoms with Crippen LogP contribution in [0.4, 0.5) is 0 Å². The standard InChI is InChI=1S/C18H27NO3/c1-18(2,3)22-10-9-19-8-4-5-15(19)14-6-7-16-17(13-14)21-12-11-20-16/h6-7,13,15H,4-5,8-12H2,1-3H3/t15-/m0/s1. The number of rotatable bonds is 4. The first-order valence-electron chi connectivity index (χ1n) is 8.30. The first-order valence-corrected chi connectivity index (χ1v) is 8.30. The average Bonchev–Trinajstić information content (AvgIpc) is 2.94. The molecule has 0 spiro atoms. The van der Waals surface area contributed by atoms with Gasteiger partial charge in [-0.05, 0) is 57.9 Å². The highest BCUT2D eigenvalue weighted by molar-refractivity contribution is 5.44. The first kappa shape index (κ1) is 15.6. The van der Waals surface area contributed by atoms with Crippen molar-refractivity contribution in [3.05, 3.63) is 23.8 Å². The molecule has 0 aromatic heterocycles. The fourth-order valence-corrected chi connectivity index (χ4v) is 3.21. The van der Waals surface area contributed by atoms with Crippen molar-refractivity contribution in [3.8, 4) is 11.5 Å². The molecule has 0 N–H and O–H groups in total. The van der Waals surface area contributed by atoms with E-state index in [2.05, 4.69) is 37.8 Å². The van der Waals surface area contributed by atoms with E-state index in [9.17, 15) is 0 Å². The van der Waals surface area contributed by atoms with Gasteiger partial charge in [-0.2, -0.15) is 0 Å². The molecule has 1 atom stereocenters. The van der Waals surface area contributed by atoms with Gasteiger partial charge in [-0.25, -0.2) is 0 Å². The number of ether oxygens (including phenoxy) is 3. The molecule has 0 amide bonds. The highest BCUT2D eigenvalue weighted by Crippen LogP contribution is 2.37. The molecule has 1 saturated heterocycles. The molecule has 2 aliphatic heterocycles. The van der Waals surface area contributed by atoms with Gasteiger partial charge in [0.1, 0.15) is 13.2 Å². The summed E-state index contributed by atoms with van der Waals surface area (Å²) < 4.78 is 17.2. The lowest BCUT2D eigenvalue weighted by Gasteiger charge is -2.28.